The van der Waals surface area contributed by atoms with Crippen LogP contribution in [0.1, 0.15) is 46.0 Å². The summed E-state index contributed by atoms with van der Waals surface area (Å²) in [6, 6.07) is 0.0275. The van der Waals surface area contributed by atoms with Crippen LogP contribution in [0.4, 0.5) is 0 Å². The smallest absolute Gasteiger partial charge is 0.240 e. The second-order valence-corrected chi connectivity index (χ2v) is 7.78. The minimum absolute atomic E-state index is 0.0211. The van der Waals surface area contributed by atoms with Crippen LogP contribution in [0.3, 0.4) is 0 Å². The zero-order valence-electron chi connectivity index (χ0n) is 12.6. The van der Waals surface area contributed by atoms with Crippen molar-refractivity contribution >= 4 is 17.7 Å². The Bertz CT molecular complexity index is 313. The summed E-state index contributed by atoms with van der Waals surface area (Å²) in [5, 5.41) is 3.20. The van der Waals surface area contributed by atoms with Crippen LogP contribution < -0.4 is 5.32 Å². The van der Waals surface area contributed by atoms with E-state index < -0.39 is 0 Å². The summed E-state index contributed by atoms with van der Waals surface area (Å²) in [6.07, 6.45) is 5.79. The summed E-state index contributed by atoms with van der Waals surface area (Å²) in [5.74, 6) is 3.56. The molecule has 0 aromatic carbocycles. The number of likely N-dealkylation sites (N-methyl/N-ethyl adjacent to an activating group) is 1. The van der Waals surface area contributed by atoms with Crippen LogP contribution in [0.15, 0.2) is 0 Å². The molecule has 1 atom stereocenters. The summed E-state index contributed by atoms with van der Waals surface area (Å²) < 4.78 is 0. The van der Waals surface area contributed by atoms with Crippen LogP contribution in [0, 0.1) is 5.92 Å². The SMILES string of the molecule is CNC1CCCC(C)(C)N(CC2CCSCC2)C1=O. The van der Waals surface area contributed by atoms with Gasteiger partial charge in [0.2, 0.25) is 5.91 Å². The highest BCUT2D eigenvalue weighted by Crippen LogP contribution is 2.31. The first kappa shape index (κ1) is 15.2. The van der Waals surface area contributed by atoms with Crippen LogP contribution in [0.25, 0.3) is 0 Å². The van der Waals surface area contributed by atoms with E-state index in [4.69, 9.17) is 0 Å². The van der Waals surface area contributed by atoms with Crippen molar-refractivity contribution < 1.29 is 4.79 Å². The van der Waals surface area contributed by atoms with E-state index >= 15 is 0 Å². The van der Waals surface area contributed by atoms with Gasteiger partial charge in [-0.3, -0.25) is 4.79 Å². The van der Waals surface area contributed by atoms with E-state index in [1.165, 1.54) is 24.3 Å². The van der Waals surface area contributed by atoms with Crippen LogP contribution in [0.2, 0.25) is 0 Å². The summed E-state index contributed by atoms with van der Waals surface area (Å²) in [4.78, 5) is 14.9. The number of amides is 1. The van der Waals surface area contributed by atoms with E-state index in [-0.39, 0.29) is 11.6 Å². The fourth-order valence-electron chi connectivity index (χ4n) is 3.28. The van der Waals surface area contributed by atoms with Crippen LogP contribution in [-0.2, 0) is 4.79 Å². The normalized spacial score (nSPS) is 29.3. The van der Waals surface area contributed by atoms with Gasteiger partial charge in [0, 0.05) is 12.1 Å². The zero-order chi connectivity index (χ0) is 13.9. The molecule has 2 saturated heterocycles. The molecular weight excluding hydrogens is 256 g/mol. The molecule has 0 radical (unpaired) electrons. The minimum atomic E-state index is 0.0211. The topological polar surface area (TPSA) is 32.3 Å². The third kappa shape index (κ3) is 3.66. The quantitative estimate of drug-likeness (QED) is 0.864. The maximum atomic E-state index is 12.7. The second-order valence-electron chi connectivity index (χ2n) is 6.55. The first-order valence-corrected chi connectivity index (χ1v) is 8.76. The predicted octanol–water partition coefficient (Wildman–Crippen LogP) is 2.51. The van der Waals surface area contributed by atoms with Gasteiger partial charge in [-0.2, -0.15) is 11.8 Å². The molecule has 0 saturated carbocycles. The van der Waals surface area contributed by atoms with Crippen molar-refractivity contribution in [1.82, 2.24) is 10.2 Å². The average molecular weight is 284 g/mol. The van der Waals surface area contributed by atoms with Gasteiger partial charge in [0.15, 0.2) is 0 Å². The lowest BCUT2D eigenvalue weighted by atomic mass is 9.94. The molecule has 2 heterocycles. The Labute approximate surface area is 121 Å². The Morgan fingerprint density at radius 1 is 1.32 bits per heavy atom. The maximum absolute atomic E-state index is 12.7. The summed E-state index contributed by atoms with van der Waals surface area (Å²) in [5.41, 5.74) is 0.0211. The Hall–Kier alpha value is -0.220. The monoisotopic (exact) mass is 284 g/mol. The number of hydrogen-bond acceptors (Lipinski definition) is 3. The van der Waals surface area contributed by atoms with E-state index in [9.17, 15) is 4.79 Å². The van der Waals surface area contributed by atoms with Crippen molar-refractivity contribution in [2.24, 2.45) is 5.92 Å². The molecule has 0 aromatic heterocycles. The van der Waals surface area contributed by atoms with E-state index in [2.05, 4.69) is 35.8 Å². The molecule has 0 aromatic rings. The molecule has 4 heteroatoms. The van der Waals surface area contributed by atoms with Gasteiger partial charge in [0.1, 0.15) is 0 Å². The van der Waals surface area contributed by atoms with Crippen molar-refractivity contribution in [2.45, 2.75) is 57.5 Å². The average Bonchev–Trinajstić information content (AvgIpc) is 2.50. The van der Waals surface area contributed by atoms with Crippen LogP contribution in [0.5, 0.6) is 0 Å². The van der Waals surface area contributed by atoms with Crippen molar-refractivity contribution in [1.29, 1.82) is 0 Å². The predicted molar refractivity (Wildman–Crippen MR) is 82.5 cm³/mol. The van der Waals surface area contributed by atoms with Gasteiger partial charge < -0.3 is 10.2 Å². The summed E-state index contributed by atoms with van der Waals surface area (Å²) in [7, 11) is 1.91. The lowest BCUT2D eigenvalue weighted by Gasteiger charge is -2.41. The third-order valence-electron chi connectivity index (χ3n) is 4.71. The maximum Gasteiger partial charge on any atom is 0.240 e. The Morgan fingerprint density at radius 2 is 2.00 bits per heavy atom. The molecule has 2 aliphatic heterocycles. The number of hydrogen-bond donors (Lipinski definition) is 1. The lowest BCUT2D eigenvalue weighted by molar-refractivity contribution is -0.138. The van der Waals surface area contributed by atoms with Gasteiger partial charge in [-0.1, -0.05) is 0 Å². The number of nitrogens with one attached hydrogen (secondary N) is 1. The third-order valence-corrected chi connectivity index (χ3v) is 5.76. The number of likely N-dealkylation sites (tertiary alicyclic amines) is 1. The van der Waals surface area contributed by atoms with Gasteiger partial charge in [0.25, 0.3) is 0 Å². The van der Waals surface area contributed by atoms with E-state index in [1.54, 1.807) is 0 Å². The largest absolute Gasteiger partial charge is 0.336 e. The van der Waals surface area contributed by atoms with Crippen molar-refractivity contribution in [3.8, 4) is 0 Å². The number of thioether (sulfide) groups is 1. The van der Waals surface area contributed by atoms with Gasteiger partial charge in [-0.15, -0.1) is 0 Å². The van der Waals surface area contributed by atoms with E-state index in [0.717, 1.165) is 25.8 Å². The highest BCUT2D eigenvalue weighted by Gasteiger charge is 2.38. The molecule has 0 bridgehead atoms. The molecule has 2 rings (SSSR count). The second kappa shape index (κ2) is 6.49. The fraction of sp³-hybridized carbons (Fsp3) is 0.933. The number of nitrogens with zero attached hydrogens (tertiary/aromatic N) is 1. The molecule has 1 unspecified atom stereocenters. The highest BCUT2D eigenvalue weighted by molar-refractivity contribution is 7.99. The first-order chi connectivity index (χ1) is 9.04. The Balaban J connectivity index is 2.08. The fourth-order valence-corrected chi connectivity index (χ4v) is 4.48. The molecule has 2 aliphatic rings. The van der Waals surface area contributed by atoms with Crippen LogP contribution in [-0.4, -0.2) is 47.5 Å². The molecule has 19 heavy (non-hydrogen) atoms. The highest BCUT2D eigenvalue weighted by atomic mass is 32.2. The number of rotatable bonds is 3. The van der Waals surface area contributed by atoms with Gasteiger partial charge in [-0.05, 0) is 70.4 Å². The number of carbonyl (C=O) groups is 1. The summed E-state index contributed by atoms with van der Waals surface area (Å²) in [6.45, 7) is 5.44. The van der Waals surface area contributed by atoms with Crippen LogP contribution >= 0.6 is 11.8 Å². The van der Waals surface area contributed by atoms with Gasteiger partial charge in [-0.25, -0.2) is 0 Å². The molecule has 0 spiro atoms. The number of carbonyl (C=O) groups excluding carboxylic acids is 1. The van der Waals surface area contributed by atoms with Crippen molar-refractivity contribution in [3.63, 3.8) is 0 Å². The van der Waals surface area contributed by atoms with E-state index in [0.29, 0.717) is 11.8 Å². The molecule has 3 nitrogen and oxygen atoms in total. The van der Waals surface area contributed by atoms with Crippen molar-refractivity contribution in [2.75, 3.05) is 25.1 Å². The van der Waals surface area contributed by atoms with Crippen molar-refractivity contribution in [3.05, 3.63) is 0 Å². The van der Waals surface area contributed by atoms with E-state index in [1.807, 2.05) is 7.05 Å². The lowest BCUT2D eigenvalue weighted by Crippen LogP contribution is -2.54. The Kier molecular flexibility index (Phi) is 5.18. The molecule has 1 amide bonds. The zero-order valence-corrected chi connectivity index (χ0v) is 13.4. The first-order valence-electron chi connectivity index (χ1n) is 7.61. The van der Waals surface area contributed by atoms with Gasteiger partial charge in [0.05, 0.1) is 6.04 Å². The molecule has 1 N–H and O–H groups in total. The molecule has 110 valence electrons. The minimum Gasteiger partial charge on any atom is -0.336 e. The Morgan fingerprint density at radius 3 is 2.63 bits per heavy atom. The molecule has 0 aliphatic carbocycles. The van der Waals surface area contributed by atoms with Gasteiger partial charge >= 0.3 is 0 Å². The summed E-state index contributed by atoms with van der Waals surface area (Å²) >= 11 is 2.05. The molecule has 2 fully saturated rings. The molecular formula is C15H28N2OS. The standard InChI is InChI=1S/C15H28N2OS/c1-15(2)8-4-5-13(16-3)14(18)17(15)11-12-6-9-19-10-7-12/h12-13,16H,4-11H2,1-3H3.